The molecule has 0 bridgehead atoms. The van der Waals surface area contributed by atoms with Gasteiger partial charge in [-0.2, -0.15) is 0 Å². The second kappa shape index (κ2) is 8.44. The summed E-state index contributed by atoms with van der Waals surface area (Å²) in [4.78, 5) is 12.5. The number of nitrogens with one attached hydrogen (secondary N) is 1. The molecular formula is C22H27NO4. The van der Waals surface area contributed by atoms with Crippen LogP contribution >= 0.6 is 0 Å². The smallest absolute Gasteiger partial charge is 0.251 e. The molecule has 0 radical (unpaired) electrons. The quantitative estimate of drug-likeness (QED) is 0.818. The molecule has 1 aliphatic heterocycles. The minimum Gasteiger partial charge on any atom is -0.490 e. The summed E-state index contributed by atoms with van der Waals surface area (Å²) in [5.41, 5.74) is 1.92. The summed E-state index contributed by atoms with van der Waals surface area (Å²) in [5, 5.41) is 12.8. The van der Waals surface area contributed by atoms with Gasteiger partial charge in [-0.15, -0.1) is 0 Å². The van der Waals surface area contributed by atoms with Crippen molar-refractivity contribution >= 4 is 5.91 Å². The fraction of sp³-hybridized carbons (Fsp3) is 0.409. The highest BCUT2D eigenvalue weighted by Crippen LogP contribution is 2.30. The van der Waals surface area contributed by atoms with E-state index in [2.05, 4.69) is 5.32 Å². The second-order valence-corrected chi connectivity index (χ2v) is 7.53. The largest absolute Gasteiger partial charge is 0.490 e. The molecule has 0 atom stereocenters. The first kappa shape index (κ1) is 19.2. The standard InChI is InChI=1S/C22H27NO4/c1-22(2,25)10-9-16-5-3-6-18(13-16)21(24)23-15-17-7-8-19-20(14-17)27-12-4-11-26-19/h3,5-8,13-14,25H,4,9-12,15H2,1-2H3,(H,23,24). The summed E-state index contributed by atoms with van der Waals surface area (Å²) < 4.78 is 11.3. The molecule has 144 valence electrons. The van der Waals surface area contributed by atoms with Crippen molar-refractivity contribution < 1.29 is 19.4 Å². The number of hydrogen-bond acceptors (Lipinski definition) is 4. The van der Waals surface area contributed by atoms with E-state index < -0.39 is 5.60 Å². The van der Waals surface area contributed by atoms with Crippen LogP contribution in [0.2, 0.25) is 0 Å². The van der Waals surface area contributed by atoms with Gasteiger partial charge in [0, 0.05) is 18.5 Å². The van der Waals surface area contributed by atoms with Gasteiger partial charge in [-0.25, -0.2) is 0 Å². The zero-order chi connectivity index (χ0) is 19.3. The number of rotatable bonds is 6. The maximum absolute atomic E-state index is 12.5. The van der Waals surface area contributed by atoms with Gasteiger partial charge in [0.1, 0.15) is 0 Å². The third kappa shape index (κ3) is 5.73. The van der Waals surface area contributed by atoms with Crippen molar-refractivity contribution in [1.29, 1.82) is 0 Å². The van der Waals surface area contributed by atoms with E-state index in [0.717, 1.165) is 35.5 Å². The third-order valence-electron chi connectivity index (χ3n) is 4.48. The molecule has 5 heteroatoms. The highest BCUT2D eigenvalue weighted by molar-refractivity contribution is 5.94. The minimum atomic E-state index is -0.713. The Kier molecular flexibility index (Phi) is 6.01. The molecule has 2 aromatic rings. The molecule has 0 aromatic heterocycles. The molecule has 0 aliphatic carbocycles. The molecule has 1 heterocycles. The molecule has 2 aromatic carbocycles. The number of carbonyl (C=O) groups is 1. The number of carbonyl (C=O) groups excluding carboxylic acids is 1. The fourth-order valence-electron chi connectivity index (χ4n) is 2.92. The van der Waals surface area contributed by atoms with E-state index in [0.29, 0.717) is 31.7 Å². The Morgan fingerprint density at radius 2 is 1.85 bits per heavy atom. The van der Waals surface area contributed by atoms with Gasteiger partial charge in [0.05, 0.1) is 18.8 Å². The van der Waals surface area contributed by atoms with Gasteiger partial charge in [-0.1, -0.05) is 18.2 Å². The van der Waals surface area contributed by atoms with Crippen molar-refractivity contribution in [2.24, 2.45) is 0 Å². The van der Waals surface area contributed by atoms with Crippen LogP contribution < -0.4 is 14.8 Å². The van der Waals surface area contributed by atoms with Crippen LogP contribution in [-0.2, 0) is 13.0 Å². The summed E-state index contributed by atoms with van der Waals surface area (Å²) in [6.45, 7) is 5.30. The van der Waals surface area contributed by atoms with Gasteiger partial charge in [0.25, 0.3) is 5.91 Å². The van der Waals surface area contributed by atoms with Crippen molar-refractivity contribution in [3.05, 3.63) is 59.2 Å². The van der Waals surface area contributed by atoms with Gasteiger partial charge in [0.15, 0.2) is 11.5 Å². The number of benzene rings is 2. The molecule has 0 saturated carbocycles. The van der Waals surface area contributed by atoms with Crippen LogP contribution in [0, 0.1) is 0 Å². The highest BCUT2D eigenvalue weighted by Gasteiger charge is 2.14. The number of hydrogen-bond donors (Lipinski definition) is 2. The molecule has 0 fully saturated rings. The topological polar surface area (TPSA) is 67.8 Å². The third-order valence-corrected chi connectivity index (χ3v) is 4.48. The zero-order valence-electron chi connectivity index (χ0n) is 16.0. The van der Waals surface area contributed by atoms with Gasteiger partial charge < -0.3 is 19.9 Å². The van der Waals surface area contributed by atoms with E-state index in [1.807, 2.05) is 36.4 Å². The first-order valence-corrected chi connectivity index (χ1v) is 9.39. The maximum Gasteiger partial charge on any atom is 0.251 e. The summed E-state index contributed by atoms with van der Waals surface area (Å²) >= 11 is 0. The molecule has 3 rings (SSSR count). The van der Waals surface area contributed by atoms with E-state index in [-0.39, 0.29) is 5.91 Å². The Labute approximate surface area is 160 Å². The van der Waals surface area contributed by atoms with Gasteiger partial charge >= 0.3 is 0 Å². The SMILES string of the molecule is CC(C)(O)CCc1cccc(C(=O)NCc2ccc3c(c2)OCCCO3)c1. The lowest BCUT2D eigenvalue weighted by Crippen LogP contribution is -2.23. The molecule has 1 aliphatic rings. The second-order valence-electron chi connectivity index (χ2n) is 7.53. The maximum atomic E-state index is 12.5. The monoisotopic (exact) mass is 369 g/mol. The van der Waals surface area contributed by atoms with Crippen LogP contribution in [-0.4, -0.2) is 29.8 Å². The predicted octanol–water partition coefficient (Wildman–Crippen LogP) is 3.48. The highest BCUT2D eigenvalue weighted by atomic mass is 16.5. The van der Waals surface area contributed by atoms with Gasteiger partial charge in [-0.3, -0.25) is 4.79 Å². The van der Waals surface area contributed by atoms with Crippen LogP contribution in [0.4, 0.5) is 0 Å². The van der Waals surface area contributed by atoms with Crippen LogP contribution in [0.1, 0.15) is 48.2 Å². The Hall–Kier alpha value is -2.53. The van der Waals surface area contributed by atoms with E-state index >= 15 is 0 Å². The van der Waals surface area contributed by atoms with Crippen molar-refractivity contribution in [3.8, 4) is 11.5 Å². The molecule has 0 spiro atoms. The zero-order valence-corrected chi connectivity index (χ0v) is 16.0. The lowest BCUT2D eigenvalue weighted by Gasteiger charge is -2.16. The Balaban J connectivity index is 1.60. The summed E-state index contributed by atoms with van der Waals surface area (Å²) in [6, 6.07) is 13.3. The van der Waals surface area contributed by atoms with Crippen LogP contribution in [0.25, 0.3) is 0 Å². The van der Waals surface area contributed by atoms with E-state index in [1.165, 1.54) is 0 Å². The van der Waals surface area contributed by atoms with Crippen LogP contribution in [0.3, 0.4) is 0 Å². The summed E-state index contributed by atoms with van der Waals surface area (Å²) in [6.07, 6.45) is 2.24. The van der Waals surface area contributed by atoms with E-state index in [9.17, 15) is 9.90 Å². The van der Waals surface area contributed by atoms with Crippen LogP contribution in [0.15, 0.2) is 42.5 Å². The Morgan fingerprint density at radius 3 is 2.63 bits per heavy atom. The van der Waals surface area contributed by atoms with Crippen LogP contribution in [0.5, 0.6) is 11.5 Å². The number of aryl methyl sites for hydroxylation is 1. The summed E-state index contributed by atoms with van der Waals surface area (Å²) in [5.74, 6) is 1.36. The Morgan fingerprint density at radius 1 is 1.07 bits per heavy atom. The number of fused-ring (bicyclic) bond motifs is 1. The number of aliphatic hydroxyl groups is 1. The number of amides is 1. The fourth-order valence-corrected chi connectivity index (χ4v) is 2.92. The lowest BCUT2D eigenvalue weighted by atomic mass is 9.98. The normalized spacial score (nSPS) is 13.7. The average molecular weight is 369 g/mol. The van der Waals surface area contributed by atoms with Crippen molar-refractivity contribution in [3.63, 3.8) is 0 Å². The van der Waals surface area contributed by atoms with Crippen molar-refractivity contribution in [2.75, 3.05) is 13.2 Å². The molecular weight excluding hydrogens is 342 g/mol. The lowest BCUT2D eigenvalue weighted by molar-refractivity contribution is 0.0714. The van der Waals surface area contributed by atoms with Crippen molar-refractivity contribution in [2.45, 2.75) is 45.3 Å². The predicted molar refractivity (Wildman–Crippen MR) is 104 cm³/mol. The minimum absolute atomic E-state index is 0.118. The molecule has 27 heavy (non-hydrogen) atoms. The first-order valence-electron chi connectivity index (χ1n) is 9.39. The van der Waals surface area contributed by atoms with Gasteiger partial charge in [-0.05, 0) is 62.1 Å². The molecule has 2 N–H and O–H groups in total. The van der Waals surface area contributed by atoms with E-state index in [4.69, 9.17) is 9.47 Å². The first-order chi connectivity index (χ1) is 12.9. The average Bonchev–Trinajstić information content (AvgIpc) is 2.89. The van der Waals surface area contributed by atoms with E-state index in [1.54, 1.807) is 19.9 Å². The Bertz CT molecular complexity index is 795. The molecule has 1 amide bonds. The summed E-state index contributed by atoms with van der Waals surface area (Å²) in [7, 11) is 0. The number of ether oxygens (including phenoxy) is 2. The molecule has 5 nitrogen and oxygen atoms in total. The molecule has 0 unspecified atom stereocenters. The molecule has 0 saturated heterocycles. The van der Waals surface area contributed by atoms with Crippen molar-refractivity contribution in [1.82, 2.24) is 5.32 Å². The van der Waals surface area contributed by atoms with Gasteiger partial charge in [0.2, 0.25) is 0 Å².